The molecule has 1 aromatic heterocycles. The molecule has 0 unspecified atom stereocenters. The molecule has 1 saturated heterocycles. The Morgan fingerprint density at radius 2 is 2.00 bits per heavy atom. The minimum Gasteiger partial charge on any atom is -0.332 e. The van der Waals surface area contributed by atoms with E-state index in [1.54, 1.807) is 0 Å². The number of hydrogen-bond acceptors (Lipinski definition) is 4. The van der Waals surface area contributed by atoms with Crippen molar-refractivity contribution in [1.29, 1.82) is 0 Å². The normalized spacial score (nSPS) is 22.8. The van der Waals surface area contributed by atoms with E-state index in [2.05, 4.69) is 12.1 Å². The number of hydrogen-bond donors (Lipinski definition) is 1. The highest BCUT2D eigenvalue weighted by molar-refractivity contribution is 5.67. The molecule has 5 heteroatoms. The maximum atomic E-state index is 13.5. The zero-order valence-electron chi connectivity index (χ0n) is 13.3. The van der Waals surface area contributed by atoms with Gasteiger partial charge in [-0.2, -0.15) is 0 Å². The molecule has 2 aromatic rings. The molecule has 1 aliphatic heterocycles. The quantitative estimate of drug-likeness (QED) is 0.946. The molecule has 120 valence electrons. The Balaban J connectivity index is 1.77. The van der Waals surface area contributed by atoms with Crippen molar-refractivity contribution < 1.29 is 4.39 Å². The molecule has 2 N–H and O–H groups in total. The van der Waals surface area contributed by atoms with Gasteiger partial charge in [-0.15, -0.1) is 0 Å². The van der Waals surface area contributed by atoms with E-state index < -0.39 is 6.17 Å². The maximum absolute atomic E-state index is 13.5. The predicted molar refractivity (Wildman–Crippen MR) is 89.1 cm³/mol. The minimum absolute atomic E-state index is 0.137. The van der Waals surface area contributed by atoms with Gasteiger partial charge in [0.05, 0.1) is 18.3 Å². The molecule has 1 aromatic carbocycles. The molecule has 2 atom stereocenters. The summed E-state index contributed by atoms with van der Waals surface area (Å²) in [5.74, 6) is 0.671. The van der Waals surface area contributed by atoms with Crippen molar-refractivity contribution in [2.75, 3.05) is 11.4 Å². The van der Waals surface area contributed by atoms with E-state index in [1.165, 1.54) is 5.56 Å². The number of nitrogens with zero attached hydrogens (tertiary/aromatic N) is 3. The van der Waals surface area contributed by atoms with Crippen molar-refractivity contribution in [2.24, 2.45) is 5.73 Å². The number of rotatable bonds is 3. The second-order valence-corrected chi connectivity index (χ2v) is 6.46. The van der Waals surface area contributed by atoms with Crippen LogP contribution in [0.3, 0.4) is 0 Å². The van der Waals surface area contributed by atoms with Crippen LogP contribution in [0.1, 0.15) is 30.2 Å². The van der Waals surface area contributed by atoms with Crippen LogP contribution in [0.15, 0.2) is 24.3 Å². The topological polar surface area (TPSA) is 55.0 Å². The SMILES string of the molecule is C[C@H]1[C@H](F)CN1c1nc2c(c(-c3ccc(CN)cc3)n1)CCC2. The minimum atomic E-state index is -0.779. The Hall–Kier alpha value is -2.01. The fourth-order valence-electron chi connectivity index (χ4n) is 3.41. The summed E-state index contributed by atoms with van der Waals surface area (Å²) in [7, 11) is 0. The first-order chi connectivity index (χ1) is 11.2. The Bertz CT molecular complexity index is 729. The Labute approximate surface area is 135 Å². The lowest BCUT2D eigenvalue weighted by Gasteiger charge is -2.42. The molecule has 0 spiro atoms. The fourth-order valence-corrected chi connectivity index (χ4v) is 3.41. The lowest BCUT2D eigenvalue weighted by atomic mass is 10.0. The highest BCUT2D eigenvalue weighted by Gasteiger charge is 2.38. The van der Waals surface area contributed by atoms with Gasteiger partial charge >= 0.3 is 0 Å². The number of aryl methyl sites for hydroxylation is 1. The van der Waals surface area contributed by atoms with Gasteiger partial charge < -0.3 is 10.6 Å². The van der Waals surface area contributed by atoms with Crippen molar-refractivity contribution >= 4 is 5.95 Å². The average Bonchev–Trinajstić information content (AvgIpc) is 3.07. The Morgan fingerprint density at radius 3 is 2.65 bits per heavy atom. The summed E-state index contributed by atoms with van der Waals surface area (Å²) in [6.07, 6.45) is 2.34. The van der Waals surface area contributed by atoms with E-state index in [1.807, 2.05) is 24.0 Å². The molecule has 4 nitrogen and oxygen atoms in total. The summed E-state index contributed by atoms with van der Waals surface area (Å²) in [6, 6.07) is 8.10. The van der Waals surface area contributed by atoms with Crippen LogP contribution < -0.4 is 10.6 Å². The van der Waals surface area contributed by atoms with Gasteiger partial charge in [0.15, 0.2) is 0 Å². The van der Waals surface area contributed by atoms with Crippen LogP contribution in [-0.4, -0.2) is 28.7 Å². The summed E-state index contributed by atoms with van der Waals surface area (Å²) >= 11 is 0. The lowest BCUT2D eigenvalue weighted by molar-refractivity contribution is 0.210. The van der Waals surface area contributed by atoms with Gasteiger partial charge in [-0.1, -0.05) is 24.3 Å². The van der Waals surface area contributed by atoms with E-state index >= 15 is 0 Å². The van der Waals surface area contributed by atoms with Crippen molar-refractivity contribution in [3.63, 3.8) is 0 Å². The summed E-state index contributed by atoms with van der Waals surface area (Å²) < 4.78 is 13.5. The number of fused-ring (bicyclic) bond motifs is 1. The summed E-state index contributed by atoms with van der Waals surface area (Å²) in [5.41, 5.74) is 11.3. The second-order valence-electron chi connectivity index (χ2n) is 6.46. The molecule has 23 heavy (non-hydrogen) atoms. The molecule has 0 radical (unpaired) electrons. The summed E-state index contributed by atoms with van der Waals surface area (Å²) in [6.45, 7) is 2.82. The van der Waals surface area contributed by atoms with Gasteiger partial charge in [0, 0.05) is 23.4 Å². The van der Waals surface area contributed by atoms with E-state index in [0.29, 0.717) is 19.0 Å². The van der Waals surface area contributed by atoms with Crippen LogP contribution in [0.5, 0.6) is 0 Å². The van der Waals surface area contributed by atoms with Gasteiger partial charge in [0.1, 0.15) is 6.17 Å². The summed E-state index contributed by atoms with van der Waals surface area (Å²) in [4.78, 5) is 11.5. The molecule has 1 aliphatic carbocycles. The maximum Gasteiger partial charge on any atom is 0.226 e. The predicted octanol–water partition coefficient (Wildman–Crippen LogP) is 2.64. The van der Waals surface area contributed by atoms with Gasteiger partial charge in [0.2, 0.25) is 5.95 Å². The van der Waals surface area contributed by atoms with Crippen LogP contribution in [0.2, 0.25) is 0 Å². The fraction of sp³-hybridized carbons (Fsp3) is 0.444. The lowest BCUT2D eigenvalue weighted by Crippen LogP contribution is -2.57. The highest BCUT2D eigenvalue weighted by atomic mass is 19.1. The Kier molecular flexibility index (Phi) is 3.53. The molecule has 1 fully saturated rings. The first-order valence-corrected chi connectivity index (χ1v) is 8.27. The largest absolute Gasteiger partial charge is 0.332 e. The third kappa shape index (κ3) is 2.39. The second kappa shape index (κ2) is 5.57. The first-order valence-electron chi connectivity index (χ1n) is 8.27. The number of aromatic nitrogens is 2. The standard InChI is InChI=1S/C18H21FN4/c1-11-15(19)10-23(11)18-21-16-4-2-3-14(16)17(22-18)13-7-5-12(9-20)6-8-13/h5-8,11,15H,2-4,9-10,20H2,1H3/t11-,15+/m0/s1. The van der Waals surface area contributed by atoms with Gasteiger partial charge in [-0.3, -0.25) is 0 Å². The highest BCUT2D eigenvalue weighted by Crippen LogP contribution is 2.34. The number of anilines is 1. The van der Waals surface area contributed by atoms with Crippen molar-refractivity contribution in [3.8, 4) is 11.3 Å². The Morgan fingerprint density at radius 1 is 1.22 bits per heavy atom. The molecular formula is C18H21FN4. The van der Waals surface area contributed by atoms with Gasteiger partial charge in [-0.25, -0.2) is 14.4 Å². The average molecular weight is 312 g/mol. The zero-order chi connectivity index (χ0) is 16.0. The molecule has 4 rings (SSSR count). The monoisotopic (exact) mass is 312 g/mol. The number of nitrogens with two attached hydrogens (primary N) is 1. The van der Waals surface area contributed by atoms with Crippen LogP contribution in [-0.2, 0) is 19.4 Å². The van der Waals surface area contributed by atoms with E-state index in [4.69, 9.17) is 15.7 Å². The molecular weight excluding hydrogens is 291 g/mol. The van der Waals surface area contributed by atoms with Crippen LogP contribution in [0.4, 0.5) is 10.3 Å². The van der Waals surface area contributed by atoms with Crippen LogP contribution in [0.25, 0.3) is 11.3 Å². The third-order valence-corrected chi connectivity index (χ3v) is 5.03. The molecule has 2 heterocycles. The van der Waals surface area contributed by atoms with Gasteiger partial charge in [-0.05, 0) is 31.7 Å². The molecule has 0 amide bonds. The number of alkyl halides is 1. The van der Waals surface area contributed by atoms with Crippen LogP contribution in [0, 0.1) is 0 Å². The zero-order valence-corrected chi connectivity index (χ0v) is 13.3. The first kappa shape index (κ1) is 14.6. The van der Waals surface area contributed by atoms with E-state index in [-0.39, 0.29) is 6.04 Å². The summed E-state index contributed by atoms with van der Waals surface area (Å²) in [5, 5.41) is 0. The van der Waals surface area contributed by atoms with Gasteiger partial charge in [0.25, 0.3) is 0 Å². The van der Waals surface area contributed by atoms with Crippen molar-refractivity contribution in [2.45, 2.75) is 44.9 Å². The molecule has 0 bridgehead atoms. The van der Waals surface area contributed by atoms with Crippen LogP contribution >= 0.6 is 0 Å². The molecule has 2 aliphatic rings. The van der Waals surface area contributed by atoms with E-state index in [0.717, 1.165) is 41.8 Å². The smallest absolute Gasteiger partial charge is 0.226 e. The number of benzene rings is 1. The van der Waals surface area contributed by atoms with E-state index in [9.17, 15) is 4.39 Å². The number of halogens is 1. The van der Waals surface area contributed by atoms with Crippen molar-refractivity contribution in [1.82, 2.24) is 9.97 Å². The molecule has 0 saturated carbocycles. The van der Waals surface area contributed by atoms with Crippen molar-refractivity contribution in [3.05, 3.63) is 41.1 Å². The third-order valence-electron chi connectivity index (χ3n) is 5.03.